The van der Waals surface area contributed by atoms with Gasteiger partial charge in [0.2, 0.25) is 0 Å². The van der Waals surface area contributed by atoms with Gasteiger partial charge < -0.3 is 20.1 Å². The predicted octanol–water partition coefficient (Wildman–Crippen LogP) is 0.655. The topological polar surface area (TPSA) is 74.7 Å². The summed E-state index contributed by atoms with van der Waals surface area (Å²) < 4.78 is 5.30. The Morgan fingerprint density at radius 3 is 3.15 bits per heavy atom. The van der Waals surface area contributed by atoms with Crippen LogP contribution in [-0.4, -0.2) is 59.8 Å². The van der Waals surface area contributed by atoms with Crippen LogP contribution < -0.4 is 5.32 Å². The molecule has 2 rings (SSSR count). The average Bonchev–Trinajstić information content (AvgIpc) is 2.47. The lowest BCUT2D eigenvalue weighted by Crippen LogP contribution is -2.50. The number of morpholine rings is 1. The molecule has 20 heavy (non-hydrogen) atoms. The van der Waals surface area contributed by atoms with E-state index >= 15 is 0 Å². The van der Waals surface area contributed by atoms with Crippen molar-refractivity contribution in [3.05, 3.63) is 23.5 Å². The maximum Gasteiger partial charge on any atom is 0.258 e. The molecule has 1 aliphatic rings. The van der Waals surface area contributed by atoms with Gasteiger partial charge in [-0.25, -0.2) is 0 Å². The van der Waals surface area contributed by atoms with E-state index in [1.807, 2.05) is 19.9 Å². The van der Waals surface area contributed by atoms with Crippen LogP contribution in [0.5, 0.6) is 0 Å². The van der Waals surface area contributed by atoms with Crippen molar-refractivity contribution in [1.29, 1.82) is 0 Å². The van der Waals surface area contributed by atoms with Crippen LogP contribution in [-0.2, 0) is 4.74 Å². The number of aliphatic hydroxyl groups is 1. The van der Waals surface area contributed by atoms with Gasteiger partial charge in [-0.15, -0.1) is 0 Å². The summed E-state index contributed by atoms with van der Waals surface area (Å²) in [4.78, 5) is 18.5. The van der Waals surface area contributed by atoms with Crippen LogP contribution in [0, 0.1) is 6.92 Å². The first kappa shape index (κ1) is 14.7. The van der Waals surface area contributed by atoms with E-state index in [1.54, 1.807) is 11.1 Å². The quantitative estimate of drug-likeness (QED) is 0.846. The number of nitrogens with zero attached hydrogens (tertiary/aromatic N) is 2. The van der Waals surface area contributed by atoms with Gasteiger partial charge in [0, 0.05) is 25.0 Å². The van der Waals surface area contributed by atoms with Gasteiger partial charge >= 0.3 is 0 Å². The van der Waals surface area contributed by atoms with Crippen molar-refractivity contribution in [3.8, 4) is 0 Å². The lowest BCUT2D eigenvalue weighted by Gasteiger charge is -2.34. The molecule has 0 radical (unpaired) electrons. The molecule has 6 heteroatoms. The standard InChI is InChI=1S/C14H21N3O3/c1-3-15-13-6-10(2)16-7-12(13)14(19)17-4-5-20-9-11(17)8-18/h6-7,11,18H,3-5,8-9H2,1-2H3,(H,15,16). The fraction of sp³-hybridized carbons (Fsp3) is 0.571. The van der Waals surface area contributed by atoms with E-state index in [-0.39, 0.29) is 18.6 Å². The highest BCUT2D eigenvalue weighted by molar-refractivity contribution is 5.99. The predicted molar refractivity (Wildman–Crippen MR) is 75.9 cm³/mol. The van der Waals surface area contributed by atoms with E-state index in [0.29, 0.717) is 25.3 Å². The number of pyridine rings is 1. The second-order valence-corrected chi connectivity index (χ2v) is 4.81. The Hall–Kier alpha value is -1.66. The van der Waals surface area contributed by atoms with Crippen molar-refractivity contribution < 1.29 is 14.6 Å². The fourth-order valence-corrected chi connectivity index (χ4v) is 2.30. The number of ether oxygens (including phenoxy) is 1. The molecule has 1 saturated heterocycles. The Labute approximate surface area is 118 Å². The van der Waals surface area contributed by atoms with Crippen LogP contribution in [0.1, 0.15) is 23.0 Å². The molecule has 0 spiro atoms. The third-order valence-electron chi connectivity index (χ3n) is 3.34. The summed E-state index contributed by atoms with van der Waals surface area (Å²) >= 11 is 0. The van der Waals surface area contributed by atoms with E-state index in [4.69, 9.17) is 4.74 Å². The van der Waals surface area contributed by atoms with Gasteiger partial charge in [0.05, 0.1) is 37.1 Å². The summed E-state index contributed by atoms with van der Waals surface area (Å²) in [6.45, 7) is 5.87. The molecule has 0 saturated carbocycles. The number of aryl methyl sites for hydroxylation is 1. The third kappa shape index (κ3) is 3.08. The number of carbonyl (C=O) groups excluding carboxylic acids is 1. The van der Waals surface area contributed by atoms with E-state index in [2.05, 4.69) is 10.3 Å². The second-order valence-electron chi connectivity index (χ2n) is 4.81. The van der Waals surface area contributed by atoms with E-state index < -0.39 is 0 Å². The van der Waals surface area contributed by atoms with Gasteiger partial charge in [0.15, 0.2) is 0 Å². The Kier molecular flexibility index (Phi) is 4.92. The largest absolute Gasteiger partial charge is 0.394 e. The molecule has 110 valence electrons. The normalized spacial score (nSPS) is 18.9. The van der Waals surface area contributed by atoms with Crippen LogP contribution >= 0.6 is 0 Å². The number of hydrogen-bond donors (Lipinski definition) is 2. The molecule has 1 unspecified atom stereocenters. The number of rotatable bonds is 4. The molecule has 0 aliphatic carbocycles. The smallest absolute Gasteiger partial charge is 0.258 e. The molecule has 1 aromatic heterocycles. The Bertz CT molecular complexity index is 479. The number of aromatic nitrogens is 1. The molecule has 1 aliphatic heterocycles. The summed E-state index contributed by atoms with van der Waals surface area (Å²) in [5.41, 5.74) is 2.18. The van der Waals surface area contributed by atoms with Crippen LogP contribution in [0.25, 0.3) is 0 Å². The van der Waals surface area contributed by atoms with Crippen molar-refractivity contribution in [3.63, 3.8) is 0 Å². The Balaban J connectivity index is 2.27. The van der Waals surface area contributed by atoms with Crippen LogP contribution in [0.15, 0.2) is 12.3 Å². The zero-order valence-electron chi connectivity index (χ0n) is 11.9. The zero-order chi connectivity index (χ0) is 14.5. The van der Waals surface area contributed by atoms with Gasteiger partial charge in [-0.2, -0.15) is 0 Å². The number of aliphatic hydroxyl groups excluding tert-OH is 1. The summed E-state index contributed by atoms with van der Waals surface area (Å²) in [6.07, 6.45) is 1.60. The van der Waals surface area contributed by atoms with Gasteiger partial charge in [0.1, 0.15) is 0 Å². The number of anilines is 1. The fourth-order valence-electron chi connectivity index (χ4n) is 2.30. The number of hydrogen-bond acceptors (Lipinski definition) is 5. The van der Waals surface area contributed by atoms with Crippen molar-refractivity contribution >= 4 is 11.6 Å². The first-order chi connectivity index (χ1) is 9.67. The molecular formula is C14H21N3O3. The van der Waals surface area contributed by atoms with Crippen LogP contribution in [0.2, 0.25) is 0 Å². The molecule has 2 heterocycles. The minimum absolute atomic E-state index is 0.0957. The van der Waals surface area contributed by atoms with Crippen LogP contribution in [0.3, 0.4) is 0 Å². The zero-order valence-corrected chi connectivity index (χ0v) is 11.9. The molecule has 1 amide bonds. The molecule has 0 bridgehead atoms. The lowest BCUT2D eigenvalue weighted by atomic mass is 10.1. The highest BCUT2D eigenvalue weighted by atomic mass is 16.5. The lowest BCUT2D eigenvalue weighted by molar-refractivity contribution is -0.0183. The molecule has 1 fully saturated rings. The van der Waals surface area contributed by atoms with E-state index in [1.165, 1.54) is 0 Å². The number of amides is 1. The van der Waals surface area contributed by atoms with Gasteiger partial charge in [-0.3, -0.25) is 9.78 Å². The molecule has 0 aromatic carbocycles. The van der Waals surface area contributed by atoms with Gasteiger partial charge in [-0.05, 0) is 19.9 Å². The summed E-state index contributed by atoms with van der Waals surface area (Å²) in [5.74, 6) is -0.115. The minimum Gasteiger partial charge on any atom is -0.394 e. The molecule has 6 nitrogen and oxygen atoms in total. The second kappa shape index (κ2) is 6.67. The first-order valence-electron chi connectivity index (χ1n) is 6.87. The summed E-state index contributed by atoms with van der Waals surface area (Å²) in [5, 5.41) is 12.6. The summed E-state index contributed by atoms with van der Waals surface area (Å²) in [6, 6.07) is 1.58. The van der Waals surface area contributed by atoms with Gasteiger partial charge in [-0.1, -0.05) is 0 Å². The molecule has 1 aromatic rings. The monoisotopic (exact) mass is 279 g/mol. The highest BCUT2D eigenvalue weighted by Gasteiger charge is 2.29. The highest BCUT2D eigenvalue weighted by Crippen LogP contribution is 2.20. The molecule has 2 N–H and O–H groups in total. The van der Waals surface area contributed by atoms with Crippen molar-refractivity contribution in [2.75, 3.05) is 38.2 Å². The number of nitrogens with one attached hydrogen (secondary N) is 1. The van der Waals surface area contributed by atoms with Gasteiger partial charge in [0.25, 0.3) is 5.91 Å². The minimum atomic E-state index is -0.285. The maximum atomic E-state index is 12.7. The Morgan fingerprint density at radius 1 is 1.65 bits per heavy atom. The molecule has 1 atom stereocenters. The van der Waals surface area contributed by atoms with Crippen molar-refractivity contribution in [1.82, 2.24) is 9.88 Å². The Morgan fingerprint density at radius 2 is 2.45 bits per heavy atom. The number of carbonyl (C=O) groups is 1. The van der Waals surface area contributed by atoms with E-state index in [9.17, 15) is 9.90 Å². The molecular weight excluding hydrogens is 258 g/mol. The van der Waals surface area contributed by atoms with Crippen molar-refractivity contribution in [2.45, 2.75) is 19.9 Å². The SMILES string of the molecule is CCNc1cc(C)ncc1C(=O)N1CCOCC1CO. The van der Waals surface area contributed by atoms with E-state index in [0.717, 1.165) is 17.9 Å². The van der Waals surface area contributed by atoms with Crippen molar-refractivity contribution in [2.24, 2.45) is 0 Å². The van der Waals surface area contributed by atoms with Crippen LogP contribution in [0.4, 0.5) is 5.69 Å². The maximum absolute atomic E-state index is 12.7. The summed E-state index contributed by atoms with van der Waals surface area (Å²) in [7, 11) is 0. The third-order valence-corrected chi connectivity index (χ3v) is 3.34. The first-order valence-corrected chi connectivity index (χ1v) is 6.87. The average molecular weight is 279 g/mol.